The molecule has 0 saturated carbocycles. The highest BCUT2D eigenvalue weighted by molar-refractivity contribution is 6.36. The predicted octanol–water partition coefficient (Wildman–Crippen LogP) is 4.88. The maximum atomic E-state index is 10.3. The summed E-state index contributed by atoms with van der Waals surface area (Å²) in [6, 6.07) is 9.26. The minimum atomic E-state index is -0.0320. The molecule has 3 rings (SSSR count). The molecule has 3 nitrogen and oxygen atoms in total. The Hall–Kier alpha value is -1.68. The lowest BCUT2D eigenvalue weighted by Gasteiger charge is -2.26. The van der Waals surface area contributed by atoms with Crippen molar-refractivity contribution in [3.63, 3.8) is 0 Å². The van der Waals surface area contributed by atoms with Crippen molar-refractivity contribution in [1.29, 1.82) is 0 Å². The Morgan fingerprint density at radius 2 is 2.04 bits per heavy atom. The summed E-state index contributed by atoms with van der Waals surface area (Å²) in [5.41, 5.74) is 3.08. The van der Waals surface area contributed by atoms with E-state index >= 15 is 0 Å². The van der Waals surface area contributed by atoms with Crippen molar-refractivity contribution in [3.05, 3.63) is 69.7 Å². The van der Waals surface area contributed by atoms with Crippen LogP contribution in [0.4, 0.5) is 0 Å². The van der Waals surface area contributed by atoms with Gasteiger partial charge in [-0.05, 0) is 47.4 Å². The third kappa shape index (κ3) is 3.64. The second-order valence-corrected chi connectivity index (χ2v) is 7.02. The molecule has 0 aromatic heterocycles. The molecule has 2 aromatic carbocycles. The zero-order valence-electron chi connectivity index (χ0n) is 14.1. The number of fused-ring (bicyclic) bond motifs is 1. The number of hydrogen-bond acceptors (Lipinski definition) is 3. The van der Waals surface area contributed by atoms with Crippen molar-refractivity contribution in [3.8, 4) is 11.5 Å². The molecule has 0 radical (unpaired) electrons. The fourth-order valence-electron chi connectivity index (χ4n) is 3.50. The van der Waals surface area contributed by atoms with Crippen LogP contribution in [0, 0.1) is 0 Å². The van der Waals surface area contributed by atoms with Gasteiger partial charge in [0, 0.05) is 35.6 Å². The van der Waals surface area contributed by atoms with E-state index in [1.54, 1.807) is 13.2 Å². The molecule has 25 heavy (non-hydrogen) atoms. The number of phenols is 1. The van der Waals surface area contributed by atoms with Gasteiger partial charge in [-0.3, -0.25) is 4.90 Å². The zero-order valence-corrected chi connectivity index (χ0v) is 15.6. The van der Waals surface area contributed by atoms with E-state index in [0.717, 1.165) is 42.7 Å². The Bertz CT molecular complexity index is 771. The van der Waals surface area contributed by atoms with Crippen molar-refractivity contribution in [2.75, 3.05) is 26.7 Å². The smallest absolute Gasteiger partial charge is 0.160 e. The van der Waals surface area contributed by atoms with Crippen molar-refractivity contribution in [2.45, 2.75) is 12.3 Å². The molecule has 1 atom stereocenters. The average Bonchev–Trinajstić information content (AvgIpc) is 2.74. The van der Waals surface area contributed by atoms with Gasteiger partial charge in [-0.1, -0.05) is 35.3 Å². The lowest BCUT2D eigenvalue weighted by molar-refractivity contribution is 0.306. The van der Waals surface area contributed by atoms with Gasteiger partial charge < -0.3 is 9.84 Å². The second kappa shape index (κ2) is 7.69. The molecule has 5 heteroatoms. The number of rotatable bonds is 4. The first-order valence-corrected chi connectivity index (χ1v) is 8.97. The summed E-state index contributed by atoms with van der Waals surface area (Å²) in [6.45, 7) is 6.30. The summed E-state index contributed by atoms with van der Waals surface area (Å²) < 4.78 is 5.28. The maximum absolute atomic E-state index is 10.3. The minimum Gasteiger partial charge on any atom is -0.504 e. The molecule has 0 fully saturated rings. The predicted molar refractivity (Wildman–Crippen MR) is 103 cm³/mol. The Kier molecular flexibility index (Phi) is 5.57. The number of halogens is 2. The van der Waals surface area contributed by atoms with E-state index < -0.39 is 0 Å². The standard InChI is InChI=1S/C20H21Cl2NO2/c1-3-8-23-9-7-13-10-19(25-2)18(24)11-14(13)15(12-23)20-16(21)5-4-6-17(20)22/h3-6,10-11,15,24H,1,7-9,12H2,2H3. The molecule has 0 bridgehead atoms. The van der Waals surface area contributed by atoms with E-state index in [1.165, 1.54) is 0 Å². The van der Waals surface area contributed by atoms with Crippen molar-refractivity contribution >= 4 is 23.2 Å². The fourth-order valence-corrected chi connectivity index (χ4v) is 4.16. The summed E-state index contributed by atoms with van der Waals surface area (Å²) in [7, 11) is 1.56. The molecular formula is C20H21Cl2NO2. The third-order valence-corrected chi connectivity index (χ3v) is 5.35. The van der Waals surface area contributed by atoms with E-state index in [9.17, 15) is 5.11 Å². The van der Waals surface area contributed by atoms with Gasteiger partial charge in [0.2, 0.25) is 0 Å². The lowest BCUT2D eigenvalue weighted by atomic mass is 9.87. The van der Waals surface area contributed by atoms with Gasteiger partial charge in [0.1, 0.15) is 0 Å². The quantitative estimate of drug-likeness (QED) is 0.770. The van der Waals surface area contributed by atoms with Gasteiger partial charge in [0.15, 0.2) is 11.5 Å². The van der Waals surface area contributed by atoms with Gasteiger partial charge >= 0.3 is 0 Å². The number of ether oxygens (including phenoxy) is 1. The molecule has 0 saturated heterocycles. The van der Waals surface area contributed by atoms with Crippen LogP contribution >= 0.6 is 23.2 Å². The zero-order chi connectivity index (χ0) is 18.0. The number of hydrogen-bond donors (Lipinski definition) is 1. The summed E-state index contributed by atoms with van der Waals surface area (Å²) in [5, 5.41) is 11.6. The highest BCUT2D eigenvalue weighted by Gasteiger charge is 2.28. The van der Waals surface area contributed by atoms with Crippen molar-refractivity contribution < 1.29 is 9.84 Å². The molecule has 0 amide bonds. The van der Waals surface area contributed by atoms with Gasteiger partial charge in [0.25, 0.3) is 0 Å². The summed E-state index contributed by atoms with van der Waals surface area (Å²) in [6.07, 6.45) is 2.76. The van der Waals surface area contributed by atoms with Gasteiger partial charge in [0.05, 0.1) is 7.11 Å². The minimum absolute atomic E-state index is 0.0320. The second-order valence-electron chi connectivity index (χ2n) is 6.21. The molecule has 1 aliphatic heterocycles. The third-order valence-electron chi connectivity index (χ3n) is 4.69. The summed E-state index contributed by atoms with van der Waals surface area (Å²) in [5.74, 6) is 0.585. The number of aromatic hydroxyl groups is 1. The van der Waals surface area contributed by atoms with Crippen LogP contribution in [0.2, 0.25) is 10.0 Å². The fraction of sp³-hybridized carbons (Fsp3) is 0.300. The number of nitrogens with zero attached hydrogens (tertiary/aromatic N) is 1. The highest BCUT2D eigenvalue weighted by Crippen LogP contribution is 2.42. The van der Waals surface area contributed by atoms with E-state index in [1.807, 2.05) is 30.3 Å². The number of benzene rings is 2. The number of methoxy groups -OCH3 is 1. The van der Waals surface area contributed by atoms with Crippen LogP contribution in [0.25, 0.3) is 0 Å². The van der Waals surface area contributed by atoms with Crippen molar-refractivity contribution in [2.24, 2.45) is 0 Å². The molecule has 2 aromatic rings. The molecule has 1 unspecified atom stereocenters. The summed E-state index contributed by atoms with van der Waals surface area (Å²) in [4.78, 5) is 2.32. The van der Waals surface area contributed by atoms with E-state index in [4.69, 9.17) is 27.9 Å². The molecule has 1 aliphatic rings. The average molecular weight is 378 g/mol. The van der Waals surface area contributed by atoms with Crippen LogP contribution in [0.15, 0.2) is 43.0 Å². The molecule has 1 heterocycles. The molecule has 1 N–H and O–H groups in total. The largest absolute Gasteiger partial charge is 0.504 e. The van der Waals surface area contributed by atoms with Crippen LogP contribution in [0.1, 0.15) is 22.6 Å². The maximum Gasteiger partial charge on any atom is 0.160 e. The Morgan fingerprint density at radius 1 is 1.32 bits per heavy atom. The van der Waals surface area contributed by atoms with Gasteiger partial charge in [-0.15, -0.1) is 6.58 Å². The van der Waals surface area contributed by atoms with Crippen molar-refractivity contribution in [1.82, 2.24) is 4.90 Å². The van der Waals surface area contributed by atoms with Crippen LogP contribution in [0.3, 0.4) is 0 Å². The van der Waals surface area contributed by atoms with Crippen LogP contribution in [0.5, 0.6) is 11.5 Å². The Labute approximate surface area is 158 Å². The van der Waals surface area contributed by atoms with Crippen LogP contribution in [-0.2, 0) is 6.42 Å². The number of phenolic OH excluding ortho intramolecular Hbond substituents is 1. The lowest BCUT2D eigenvalue weighted by Crippen LogP contribution is -2.29. The monoisotopic (exact) mass is 377 g/mol. The summed E-state index contributed by atoms with van der Waals surface area (Å²) >= 11 is 13.0. The van der Waals surface area contributed by atoms with E-state index in [-0.39, 0.29) is 11.7 Å². The van der Waals surface area contributed by atoms with Gasteiger partial charge in [-0.2, -0.15) is 0 Å². The van der Waals surface area contributed by atoms with Crippen LogP contribution < -0.4 is 4.74 Å². The van der Waals surface area contributed by atoms with E-state index in [0.29, 0.717) is 15.8 Å². The Balaban J connectivity index is 2.16. The van der Waals surface area contributed by atoms with Gasteiger partial charge in [-0.25, -0.2) is 0 Å². The van der Waals surface area contributed by atoms with Crippen LogP contribution in [-0.4, -0.2) is 36.8 Å². The first-order chi connectivity index (χ1) is 12.0. The first kappa shape index (κ1) is 18.1. The topological polar surface area (TPSA) is 32.7 Å². The molecule has 0 spiro atoms. The molecular weight excluding hydrogens is 357 g/mol. The first-order valence-electron chi connectivity index (χ1n) is 8.22. The normalized spacial score (nSPS) is 17.6. The molecule has 132 valence electrons. The molecule has 0 aliphatic carbocycles. The highest BCUT2D eigenvalue weighted by atomic mass is 35.5. The van der Waals surface area contributed by atoms with E-state index in [2.05, 4.69) is 11.5 Å². The Morgan fingerprint density at radius 3 is 2.68 bits per heavy atom. The SMILES string of the molecule is C=CCN1CCc2cc(OC)c(O)cc2C(c2c(Cl)cccc2Cl)C1.